The Morgan fingerprint density at radius 2 is 1.73 bits per heavy atom. The van der Waals surface area contributed by atoms with Gasteiger partial charge in [0, 0.05) is 0 Å². The Hall–Kier alpha value is -3.09. The number of hydrogen-bond donors (Lipinski definition) is 2. The Bertz CT molecular complexity index is 806. The molecule has 3 aromatic rings. The van der Waals surface area contributed by atoms with Crippen molar-refractivity contribution in [3.63, 3.8) is 0 Å². The number of para-hydroxylation sites is 1. The predicted molar refractivity (Wildman–Crippen MR) is 81.4 cm³/mol. The van der Waals surface area contributed by atoms with Crippen LogP contribution in [0.1, 0.15) is 10.4 Å². The van der Waals surface area contributed by atoms with Crippen LogP contribution in [-0.2, 0) is 0 Å². The van der Waals surface area contributed by atoms with Crippen LogP contribution in [0.2, 0.25) is 0 Å². The van der Waals surface area contributed by atoms with Gasteiger partial charge in [-0.3, -0.25) is 4.79 Å². The van der Waals surface area contributed by atoms with E-state index in [1.165, 1.54) is 14.2 Å². The minimum Gasteiger partial charge on any atom is -0.496 e. The number of aromatic amines is 1. The molecule has 112 valence electrons. The molecule has 0 radical (unpaired) electrons. The summed E-state index contributed by atoms with van der Waals surface area (Å²) in [4.78, 5) is 12.6. The summed E-state index contributed by atoms with van der Waals surface area (Å²) in [5.74, 6) is 0.526. The zero-order valence-electron chi connectivity index (χ0n) is 12.1. The maximum atomic E-state index is 12.6. The van der Waals surface area contributed by atoms with Crippen molar-refractivity contribution >= 4 is 22.6 Å². The highest BCUT2D eigenvalue weighted by Gasteiger charge is 2.19. The number of amides is 1. The van der Waals surface area contributed by atoms with Crippen molar-refractivity contribution in [1.82, 2.24) is 15.4 Å². The van der Waals surface area contributed by atoms with Gasteiger partial charge < -0.3 is 14.8 Å². The van der Waals surface area contributed by atoms with Gasteiger partial charge in [-0.15, -0.1) is 0 Å². The van der Waals surface area contributed by atoms with Gasteiger partial charge in [0.25, 0.3) is 5.91 Å². The van der Waals surface area contributed by atoms with Crippen molar-refractivity contribution in [2.45, 2.75) is 0 Å². The molecule has 0 aliphatic heterocycles. The molecular formula is C15H14N4O3. The number of ether oxygens (including phenoxy) is 2. The van der Waals surface area contributed by atoms with E-state index in [-0.39, 0.29) is 5.91 Å². The topological polar surface area (TPSA) is 89.1 Å². The number of benzene rings is 2. The average molecular weight is 298 g/mol. The van der Waals surface area contributed by atoms with Crippen LogP contribution in [0, 0.1) is 0 Å². The van der Waals surface area contributed by atoms with Crippen molar-refractivity contribution in [3.05, 3.63) is 42.0 Å². The Labute approximate surface area is 126 Å². The molecule has 0 aliphatic rings. The molecule has 1 amide bonds. The summed E-state index contributed by atoms with van der Waals surface area (Å²) in [6.07, 6.45) is 0. The first kappa shape index (κ1) is 13.9. The molecule has 22 heavy (non-hydrogen) atoms. The molecule has 2 aromatic carbocycles. The van der Waals surface area contributed by atoms with Crippen LogP contribution in [0.3, 0.4) is 0 Å². The van der Waals surface area contributed by atoms with Crippen LogP contribution in [0.15, 0.2) is 36.4 Å². The molecule has 0 bridgehead atoms. The molecular weight excluding hydrogens is 284 g/mol. The lowest BCUT2D eigenvalue weighted by molar-refractivity contribution is 0.102. The van der Waals surface area contributed by atoms with Gasteiger partial charge in [-0.05, 0) is 24.3 Å². The van der Waals surface area contributed by atoms with Crippen LogP contribution in [0.25, 0.3) is 11.0 Å². The highest BCUT2D eigenvalue weighted by atomic mass is 16.5. The highest BCUT2D eigenvalue weighted by Crippen LogP contribution is 2.29. The minimum absolute atomic E-state index is 0.327. The molecule has 1 aromatic heterocycles. The number of methoxy groups -OCH3 is 2. The molecule has 0 saturated carbocycles. The number of hydrogen-bond acceptors (Lipinski definition) is 5. The molecule has 0 spiro atoms. The lowest BCUT2D eigenvalue weighted by Gasteiger charge is -2.13. The molecule has 1 heterocycles. The number of nitrogens with one attached hydrogen (secondary N) is 2. The molecule has 0 unspecified atom stereocenters. The third kappa shape index (κ3) is 2.32. The van der Waals surface area contributed by atoms with Crippen molar-refractivity contribution in [2.24, 2.45) is 0 Å². The first-order valence-corrected chi connectivity index (χ1v) is 6.56. The van der Waals surface area contributed by atoms with Gasteiger partial charge in [-0.2, -0.15) is 15.4 Å². The maximum Gasteiger partial charge on any atom is 0.263 e. The first-order chi connectivity index (χ1) is 10.7. The number of H-pyrrole nitrogens is 1. The van der Waals surface area contributed by atoms with Gasteiger partial charge in [0.1, 0.15) is 28.1 Å². The van der Waals surface area contributed by atoms with E-state index in [1.807, 2.05) is 0 Å². The Kier molecular flexibility index (Phi) is 3.61. The van der Waals surface area contributed by atoms with Gasteiger partial charge in [0.2, 0.25) is 0 Å². The lowest BCUT2D eigenvalue weighted by Crippen LogP contribution is -2.14. The molecule has 0 saturated heterocycles. The molecule has 2 N–H and O–H groups in total. The SMILES string of the molecule is COc1cccc(OC)c1C(=O)Nc1cccc2n[nH]nc12. The fourth-order valence-corrected chi connectivity index (χ4v) is 2.23. The second-order valence-electron chi connectivity index (χ2n) is 4.49. The maximum absolute atomic E-state index is 12.6. The van der Waals surface area contributed by atoms with Crippen LogP contribution >= 0.6 is 0 Å². The monoisotopic (exact) mass is 298 g/mol. The number of anilines is 1. The van der Waals surface area contributed by atoms with E-state index < -0.39 is 0 Å². The van der Waals surface area contributed by atoms with Crippen LogP contribution < -0.4 is 14.8 Å². The number of aromatic nitrogens is 3. The van der Waals surface area contributed by atoms with Gasteiger partial charge in [0.05, 0.1) is 19.9 Å². The van der Waals surface area contributed by atoms with Crippen molar-refractivity contribution < 1.29 is 14.3 Å². The fourth-order valence-electron chi connectivity index (χ4n) is 2.23. The van der Waals surface area contributed by atoms with E-state index in [1.54, 1.807) is 36.4 Å². The van der Waals surface area contributed by atoms with Crippen LogP contribution in [-0.4, -0.2) is 35.5 Å². The molecule has 0 atom stereocenters. The first-order valence-electron chi connectivity index (χ1n) is 6.56. The highest BCUT2D eigenvalue weighted by molar-refractivity contribution is 6.10. The number of nitrogens with zero attached hydrogens (tertiary/aromatic N) is 2. The largest absolute Gasteiger partial charge is 0.496 e. The second-order valence-corrected chi connectivity index (χ2v) is 4.49. The van der Waals surface area contributed by atoms with Crippen LogP contribution in [0.4, 0.5) is 5.69 Å². The quantitative estimate of drug-likeness (QED) is 0.771. The molecule has 7 nitrogen and oxygen atoms in total. The van der Waals surface area contributed by atoms with E-state index in [9.17, 15) is 4.79 Å². The van der Waals surface area contributed by atoms with Crippen LogP contribution in [0.5, 0.6) is 11.5 Å². The summed E-state index contributed by atoms with van der Waals surface area (Å²) < 4.78 is 10.5. The summed E-state index contributed by atoms with van der Waals surface area (Å²) >= 11 is 0. The Balaban J connectivity index is 2.00. The zero-order chi connectivity index (χ0) is 15.5. The standard InChI is InChI=1S/C15H14N4O3/c1-21-11-7-4-8-12(22-2)13(11)15(20)16-9-5-3-6-10-14(9)18-19-17-10/h3-8H,1-2H3,(H,16,20)(H,17,18,19). The number of carbonyl (C=O) groups is 1. The predicted octanol–water partition coefficient (Wildman–Crippen LogP) is 2.23. The smallest absolute Gasteiger partial charge is 0.263 e. The van der Waals surface area contributed by atoms with E-state index in [0.29, 0.717) is 33.8 Å². The van der Waals surface area contributed by atoms with Crippen molar-refractivity contribution in [3.8, 4) is 11.5 Å². The number of fused-ring (bicyclic) bond motifs is 1. The Morgan fingerprint density at radius 3 is 2.41 bits per heavy atom. The minimum atomic E-state index is -0.343. The average Bonchev–Trinajstić information content (AvgIpc) is 3.03. The normalized spacial score (nSPS) is 10.5. The van der Waals surface area contributed by atoms with E-state index in [0.717, 1.165) is 0 Å². The van der Waals surface area contributed by atoms with Gasteiger partial charge in [-0.1, -0.05) is 12.1 Å². The van der Waals surface area contributed by atoms with Crippen molar-refractivity contribution in [2.75, 3.05) is 19.5 Å². The summed E-state index contributed by atoms with van der Waals surface area (Å²) in [5, 5.41) is 13.4. The number of carbonyl (C=O) groups excluding carboxylic acids is 1. The molecule has 3 rings (SSSR count). The van der Waals surface area contributed by atoms with E-state index in [4.69, 9.17) is 9.47 Å². The molecule has 7 heteroatoms. The third-order valence-corrected chi connectivity index (χ3v) is 3.25. The second kappa shape index (κ2) is 5.72. The number of rotatable bonds is 4. The summed E-state index contributed by atoms with van der Waals surface area (Å²) in [6.45, 7) is 0. The Morgan fingerprint density at radius 1 is 1.05 bits per heavy atom. The summed E-state index contributed by atoms with van der Waals surface area (Å²) in [6, 6.07) is 10.5. The van der Waals surface area contributed by atoms with Gasteiger partial charge in [0.15, 0.2) is 0 Å². The third-order valence-electron chi connectivity index (χ3n) is 3.25. The zero-order valence-corrected chi connectivity index (χ0v) is 12.1. The van der Waals surface area contributed by atoms with Crippen molar-refractivity contribution in [1.29, 1.82) is 0 Å². The van der Waals surface area contributed by atoms with Gasteiger partial charge in [-0.25, -0.2) is 0 Å². The summed E-state index contributed by atoms with van der Waals surface area (Å²) in [5.41, 5.74) is 2.15. The van der Waals surface area contributed by atoms with E-state index in [2.05, 4.69) is 20.7 Å². The lowest BCUT2D eigenvalue weighted by atomic mass is 10.1. The summed E-state index contributed by atoms with van der Waals surface area (Å²) in [7, 11) is 3.01. The van der Waals surface area contributed by atoms with Gasteiger partial charge >= 0.3 is 0 Å². The molecule has 0 aliphatic carbocycles. The fraction of sp³-hybridized carbons (Fsp3) is 0.133. The molecule has 0 fully saturated rings. The van der Waals surface area contributed by atoms with E-state index >= 15 is 0 Å².